The van der Waals surface area contributed by atoms with Crippen LogP contribution in [0.5, 0.6) is 0 Å². The molecule has 0 radical (unpaired) electrons. The number of pyridine rings is 1. The van der Waals surface area contributed by atoms with Crippen molar-refractivity contribution in [2.75, 3.05) is 0 Å². The van der Waals surface area contributed by atoms with E-state index in [0.717, 1.165) is 14.7 Å². The van der Waals surface area contributed by atoms with Crippen LogP contribution in [0.1, 0.15) is 10.4 Å². The van der Waals surface area contributed by atoms with Gasteiger partial charge in [0, 0.05) is 13.1 Å². The van der Waals surface area contributed by atoms with Gasteiger partial charge in [-0.1, -0.05) is 0 Å². The van der Waals surface area contributed by atoms with E-state index >= 15 is 0 Å². The number of carbonyl (C=O) groups is 1. The summed E-state index contributed by atoms with van der Waals surface area (Å²) in [5, 5.41) is 8.92. The Hall–Kier alpha value is -1.40. The molecule has 6 heteroatoms. The lowest BCUT2D eigenvalue weighted by atomic mass is 10.2. The van der Waals surface area contributed by atoms with E-state index in [2.05, 4.69) is 15.9 Å². The molecule has 2 rings (SSSR count). The highest BCUT2D eigenvalue weighted by atomic mass is 79.9. The fourth-order valence-electron chi connectivity index (χ4n) is 1.45. The second-order valence-corrected chi connectivity index (χ2v) is 5.90. The van der Waals surface area contributed by atoms with E-state index in [1.165, 1.54) is 22.0 Å². The fraction of sp³-hybridized carbons (Fsp3) is 0.0909. The molecule has 17 heavy (non-hydrogen) atoms. The number of carboxylic acid groups (broad SMARTS) is 1. The standard InChI is InChI=1S/C11H8BrNO3S/c1-13-7(8-2-3-9(12)17-8)4-6(11(15)16)5-10(13)14/h2-5H,1H3,(H,15,16). The quantitative estimate of drug-likeness (QED) is 0.927. The van der Waals surface area contributed by atoms with E-state index < -0.39 is 5.97 Å². The van der Waals surface area contributed by atoms with Gasteiger partial charge < -0.3 is 9.67 Å². The van der Waals surface area contributed by atoms with Crippen LogP contribution in [0.3, 0.4) is 0 Å². The summed E-state index contributed by atoms with van der Waals surface area (Å²) in [6.45, 7) is 0. The smallest absolute Gasteiger partial charge is 0.335 e. The van der Waals surface area contributed by atoms with Gasteiger partial charge in [0.25, 0.3) is 5.56 Å². The minimum atomic E-state index is -1.10. The number of halogens is 1. The van der Waals surface area contributed by atoms with Crippen LogP contribution in [-0.2, 0) is 7.05 Å². The van der Waals surface area contributed by atoms with Crippen LogP contribution in [0.15, 0.2) is 32.8 Å². The van der Waals surface area contributed by atoms with Gasteiger partial charge in [0.15, 0.2) is 0 Å². The lowest BCUT2D eigenvalue weighted by Gasteiger charge is -2.06. The normalized spacial score (nSPS) is 10.5. The van der Waals surface area contributed by atoms with Crippen molar-refractivity contribution in [3.63, 3.8) is 0 Å². The molecular weight excluding hydrogens is 306 g/mol. The average molecular weight is 314 g/mol. The molecule has 2 aromatic rings. The summed E-state index contributed by atoms with van der Waals surface area (Å²) in [6.07, 6.45) is 0. The second-order valence-electron chi connectivity index (χ2n) is 3.44. The third-order valence-corrected chi connectivity index (χ3v) is 3.98. The third-order valence-electron chi connectivity index (χ3n) is 2.34. The van der Waals surface area contributed by atoms with Crippen LogP contribution in [0.4, 0.5) is 0 Å². The second kappa shape index (κ2) is 4.46. The van der Waals surface area contributed by atoms with Crippen molar-refractivity contribution in [3.8, 4) is 10.6 Å². The van der Waals surface area contributed by atoms with Gasteiger partial charge in [-0.05, 0) is 34.1 Å². The van der Waals surface area contributed by atoms with Crippen molar-refractivity contribution < 1.29 is 9.90 Å². The number of rotatable bonds is 2. The maximum absolute atomic E-state index is 11.6. The molecule has 0 atom stereocenters. The molecule has 88 valence electrons. The van der Waals surface area contributed by atoms with E-state index in [4.69, 9.17) is 5.11 Å². The lowest BCUT2D eigenvalue weighted by molar-refractivity contribution is 0.0696. The van der Waals surface area contributed by atoms with Crippen molar-refractivity contribution in [3.05, 3.63) is 44.0 Å². The monoisotopic (exact) mass is 313 g/mol. The fourth-order valence-corrected chi connectivity index (χ4v) is 2.88. The van der Waals surface area contributed by atoms with Gasteiger partial charge in [-0.3, -0.25) is 4.79 Å². The Bertz CT molecular complexity index is 644. The Kier molecular flexibility index (Phi) is 3.17. The summed E-state index contributed by atoms with van der Waals surface area (Å²) in [6, 6.07) is 6.32. The highest BCUT2D eigenvalue weighted by Gasteiger charge is 2.11. The Morgan fingerprint density at radius 2 is 2.12 bits per heavy atom. The van der Waals surface area contributed by atoms with E-state index in [-0.39, 0.29) is 11.1 Å². The number of thiophene rings is 1. The van der Waals surface area contributed by atoms with Crippen LogP contribution in [0, 0.1) is 0 Å². The number of aromatic nitrogens is 1. The summed E-state index contributed by atoms with van der Waals surface area (Å²) in [4.78, 5) is 23.4. The van der Waals surface area contributed by atoms with Gasteiger partial charge in [0.1, 0.15) is 0 Å². The maximum Gasteiger partial charge on any atom is 0.335 e. The van der Waals surface area contributed by atoms with E-state index in [1.54, 1.807) is 7.05 Å². The van der Waals surface area contributed by atoms with Crippen LogP contribution in [-0.4, -0.2) is 15.6 Å². The molecule has 0 aliphatic carbocycles. The largest absolute Gasteiger partial charge is 0.478 e. The molecule has 0 saturated carbocycles. The molecule has 0 saturated heterocycles. The Labute approximate surface area is 109 Å². The van der Waals surface area contributed by atoms with Crippen molar-refractivity contribution in [1.29, 1.82) is 0 Å². The molecule has 0 bridgehead atoms. The van der Waals surface area contributed by atoms with Crippen molar-refractivity contribution in [2.24, 2.45) is 7.05 Å². The summed E-state index contributed by atoms with van der Waals surface area (Å²) >= 11 is 4.78. The number of carboxylic acids is 1. The molecule has 2 aromatic heterocycles. The zero-order valence-corrected chi connectivity index (χ0v) is 11.2. The number of hydrogen-bond acceptors (Lipinski definition) is 3. The van der Waals surface area contributed by atoms with Crippen molar-refractivity contribution >= 4 is 33.2 Å². The molecule has 0 aliphatic rings. The highest BCUT2D eigenvalue weighted by molar-refractivity contribution is 9.11. The summed E-state index contributed by atoms with van der Waals surface area (Å²) in [5.41, 5.74) is 0.280. The van der Waals surface area contributed by atoms with Crippen LogP contribution in [0.25, 0.3) is 10.6 Å². The zero-order valence-electron chi connectivity index (χ0n) is 8.81. The number of hydrogen-bond donors (Lipinski definition) is 1. The van der Waals surface area contributed by atoms with Crippen LogP contribution in [0.2, 0.25) is 0 Å². The van der Waals surface area contributed by atoms with E-state index in [1.807, 2.05) is 12.1 Å². The SMILES string of the molecule is Cn1c(-c2ccc(Br)s2)cc(C(=O)O)cc1=O. The Morgan fingerprint density at radius 1 is 1.41 bits per heavy atom. The molecule has 0 amide bonds. The molecule has 0 unspecified atom stereocenters. The molecule has 4 nitrogen and oxygen atoms in total. The minimum absolute atomic E-state index is 0.00706. The number of nitrogens with zero attached hydrogens (tertiary/aromatic N) is 1. The van der Waals surface area contributed by atoms with E-state index in [9.17, 15) is 9.59 Å². The molecule has 2 heterocycles. The van der Waals surface area contributed by atoms with Gasteiger partial charge in [0.05, 0.1) is 19.9 Å². The predicted octanol–water partition coefficient (Wildman–Crippen LogP) is 2.57. The Morgan fingerprint density at radius 3 is 2.65 bits per heavy atom. The lowest BCUT2D eigenvalue weighted by Crippen LogP contribution is -2.19. The first-order valence-electron chi connectivity index (χ1n) is 4.69. The molecule has 0 aliphatic heterocycles. The van der Waals surface area contributed by atoms with Gasteiger partial charge >= 0.3 is 5.97 Å². The minimum Gasteiger partial charge on any atom is -0.478 e. The summed E-state index contributed by atoms with van der Waals surface area (Å²) in [5.74, 6) is -1.10. The van der Waals surface area contributed by atoms with Crippen molar-refractivity contribution in [1.82, 2.24) is 4.57 Å². The molecular formula is C11H8BrNO3S. The predicted molar refractivity (Wildman–Crippen MR) is 69.7 cm³/mol. The number of aromatic carboxylic acids is 1. The summed E-state index contributed by atoms with van der Waals surface area (Å²) < 4.78 is 2.37. The molecule has 0 spiro atoms. The van der Waals surface area contributed by atoms with Gasteiger partial charge in [-0.25, -0.2) is 4.79 Å². The van der Waals surface area contributed by atoms with Gasteiger partial charge in [-0.15, -0.1) is 11.3 Å². The van der Waals surface area contributed by atoms with Crippen molar-refractivity contribution in [2.45, 2.75) is 0 Å². The highest BCUT2D eigenvalue weighted by Crippen LogP contribution is 2.30. The first kappa shape index (κ1) is 12.1. The maximum atomic E-state index is 11.6. The Balaban J connectivity index is 2.68. The summed E-state index contributed by atoms with van der Waals surface area (Å²) in [7, 11) is 1.62. The van der Waals surface area contributed by atoms with E-state index in [0.29, 0.717) is 5.69 Å². The molecule has 1 N–H and O–H groups in total. The topological polar surface area (TPSA) is 59.3 Å². The van der Waals surface area contributed by atoms with Crippen LogP contribution < -0.4 is 5.56 Å². The average Bonchev–Trinajstić information content (AvgIpc) is 2.68. The van der Waals surface area contributed by atoms with Crippen LogP contribution >= 0.6 is 27.3 Å². The first-order valence-corrected chi connectivity index (χ1v) is 6.30. The third kappa shape index (κ3) is 2.32. The first-order chi connectivity index (χ1) is 7.99. The molecule has 0 fully saturated rings. The zero-order chi connectivity index (χ0) is 12.6. The van der Waals surface area contributed by atoms with Gasteiger partial charge in [-0.2, -0.15) is 0 Å². The molecule has 0 aromatic carbocycles. The van der Waals surface area contributed by atoms with Gasteiger partial charge in [0.2, 0.25) is 0 Å².